The van der Waals surface area contributed by atoms with Crippen LogP contribution in [0.4, 0.5) is 0 Å². The Kier molecular flexibility index (Phi) is 3.88. The number of hydrogen-bond acceptors (Lipinski definition) is 5. The van der Waals surface area contributed by atoms with Gasteiger partial charge in [0.15, 0.2) is 11.9 Å². The van der Waals surface area contributed by atoms with E-state index in [1.54, 1.807) is 31.2 Å². The van der Waals surface area contributed by atoms with E-state index >= 15 is 0 Å². The minimum atomic E-state index is -0.577. The molecule has 0 aliphatic carbocycles. The molecule has 2 aromatic rings. The third-order valence-corrected chi connectivity index (χ3v) is 2.75. The summed E-state index contributed by atoms with van der Waals surface area (Å²) in [6, 6.07) is 8.80. The first-order valence-electron chi connectivity index (χ1n) is 6.48. The zero-order chi connectivity index (χ0) is 14.8. The summed E-state index contributed by atoms with van der Waals surface area (Å²) in [6.07, 6.45) is -0.577. The van der Waals surface area contributed by atoms with E-state index in [0.29, 0.717) is 17.3 Å². The van der Waals surface area contributed by atoms with E-state index in [4.69, 9.17) is 9.26 Å². The summed E-state index contributed by atoms with van der Waals surface area (Å²) in [5.41, 5.74) is 0.292. The summed E-state index contributed by atoms with van der Waals surface area (Å²) >= 11 is 0. The maximum Gasteiger partial charge on any atom is 0.338 e. The molecule has 0 aliphatic heterocycles. The van der Waals surface area contributed by atoms with Gasteiger partial charge >= 0.3 is 5.97 Å². The van der Waals surface area contributed by atoms with Crippen LogP contribution in [0.2, 0.25) is 0 Å². The number of benzene rings is 1. The minimum Gasteiger partial charge on any atom is -0.449 e. The van der Waals surface area contributed by atoms with Crippen LogP contribution in [0.3, 0.4) is 0 Å². The number of rotatable bonds is 3. The standard InChI is InChI=1S/C15H18N2O3/c1-10(12-16-14(17-20-12)15(2,3)4)19-13(18)11-8-6-5-7-9-11/h5-10H,1-4H3. The molecule has 20 heavy (non-hydrogen) atoms. The van der Waals surface area contributed by atoms with Gasteiger partial charge in [-0.1, -0.05) is 44.1 Å². The van der Waals surface area contributed by atoms with E-state index in [1.807, 2.05) is 26.8 Å². The van der Waals surface area contributed by atoms with Crippen LogP contribution in [-0.4, -0.2) is 16.1 Å². The molecule has 0 aliphatic rings. The first-order valence-corrected chi connectivity index (χ1v) is 6.48. The molecule has 0 amide bonds. The fraction of sp³-hybridized carbons (Fsp3) is 0.400. The molecule has 5 nitrogen and oxygen atoms in total. The van der Waals surface area contributed by atoms with Crippen molar-refractivity contribution in [3.05, 3.63) is 47.6 Å². The third-order valence-electron chi connectivity index (χ3n) is 2.75. The maximum atomic E-state index is 11.9. The van der Waals surface area contributed by atoms with E-state index in [9.17, 15) is 4.79 Å². The van der Waals surface area contributed by atoms with E-state index in [2.05, 4.69) is 10.1 Å². The van der Waals surface area contributed by atoms with E-state index in [-0.39, 0.29) is 5.41 Å². The molecular formula is C15H18N2O3. The van der Waals surface area contributed by atoms with Crippen molar-refractivity contribution in [2.45, 2.75) is 39.2 Å². The molecule has 106 valence electrons. The molecule has 2 rings (SSSR count). The van der Waals surface area contributed by atoms with Gasteiger partial charge in [-0.3, -0.25) is 0 Å². The fourth-order valence-electron chi connectivity index (χ4n) is 1.56. The molecule has 0 bridgehead atoms. The lowest BCUT2D eigenvalue weighted by Gasteiger charge is -2.11. The number of aromatic nitrogens is 2. The van der Waals surface area contributed by atoms with Crippen LogP contribution in [0, 0.1) is 0 Å². The topological polar surface area (TPSA) is 65.2 Å². The molecule has 1 aromatic heterocycles. The molecule has 1 aromatic carbocycles. The molecule has 1 unspecified atom stereocenters. The van der Waals surface area contributed by atoms with Gasteiger partial charge in [-0.2, -0.15) is 4.98 Å². The molecule has 1 atom stereocenters. The van der Waals surface area contributed by atoms with Crippen LogP contribution in [0.25, 0.3) is 0 Å². The van der Waals surface area contributed by atoms with Crippen molar-refractivity contribution < 1.29 is 14.1 Å². The Labute approximate surface area is 118 Å². The number of esters is 1. The van der Waals surface area contributed by atoms with Crippen molar-refractivity contribution in [1.82, 2.24) is 10.1 Å². The zero-order valence-corrected chi connectivity index (χ0v) is 12.1. The van der Waals surface area contributed by atoms with Crippen LogP contribution in [0.15, 0.2) is 34.9 Å². The van der Waals surface area contributed by atoms with Crippen molar-refractivity contribution >= 4 is 5.97 Å². The highest BCUT2D eigenvalue weighted by Crippen LogP contribution is 2.22. The van der Waals surface area contributed by atoms with Crippen LogP contribution >= 0.6 is 0 Å². The van der Waals surface area contributed by atoms with Gasteiger partial charge in [0.2, 0.25) is 0 Å². The number of ether oxygens (including phenoxy) is 1. The number of carbonyl (C=O) groups is 1. The zero-order valence-electron chi connectivity index (χ0n) is 12.1. The molecule has 1 heterocycles. The molecular weight excluding hydrogens is 256 g/mol. The molecule has 0 saturated carbocycles. The van der Waals surface area contributed by atoms with Gasteiger partial charge in [-0.05, 0) is 19.1 Å². The van der Waals surface area contributed by atoms with Crippen molar-refractivity contribution in [2.75, 3.05) is 0 Å². The van der Waals surface area contributed by atoms with Crippen molar-refractivity contribution in [3.8, 4) is 0 Å². The van der Waals surface area contributed by atoms with Crippen LogP contribution in [-0.2, 0) is 10.2 Å². The maximum absolute atomic E-state index is 11.9. The van der Waals surface area contributed by atoms with Gasteiger partial charge in [0, 0.05) is 5.41 Å². The molecule has 0 fully saturated rings. The molecule has 5 heteroatoms. The molecule has 0 radical (unpaired) electrons. The largest absolute Gasteiger partial charge is 0.449 e. The highest BCUT2D eigenvalue weighted by Gasteiger charge is 2.24. The number of nitrogens with zero attached hydrogens (tertiary/aromatic N) is 2. The summed E-state index contributed by atoms with van der Waals surface area (Å²) in [6.45, 7) is 7.67. The lowest BCUT2D eigenvalue weighted by molar-refractivity contribution is 0.0265. The van der Waals surface area contributed by atoms with Crippen LogP contribution in [0.1, 0.15) is 55.9 Å². The highest BCUT2D eigenvalue weighted by molar-refractivity contribution is 5.89. The summed E-state index contributed by atoms with van der Waals surface area (Å²) in [4.78, 5) is 16.2. The highest BCUT2D eigenvalue weighted by atomic mass is 16.6. The summed E-state index contributed by atoms with van der Waals surface area (Å²) in [7, 11) is 0. The summed E-state index contributed by atoms with van der Waals surface area (Å²) < 4.78 is 10.5. The lowest BCUT2D eigenvalue weighted by atomic mass is 9.96. The van der Waals surface area contributed by atoms with Gasteiger partial charge in [0.05, 0.1) is 5.56 Å². The number of carbonyl (C=O) groups excluding carboxylic acids is 1. The average molecular weight is 274 g/mol. The van der Waals surface area contributed by atoms with Crippen molar-refractivity contribution in [3.63, 3.8) is 0 Å². The van der Waals surface area contributed by atoms with Gasteiger partial charge in [0.1, 0.15) is 0 Å². The van der Waals surface area contributed by atoms with Crippen LogP contribution in [0.5, 0.6) is 0 Å². The first kappa shape index (κ1) is 14.2. The second-order valence-corrected chi connectivity index (χ2v) is 5.62. The second kappa shape index (κ2) is 5.45. The monoisotopic (exact) mass is 274 g/mol. The summed E-state index contributed by atoms with van der Waals surface area (Å²) in [5.74, 6) is 0.489. The third kappa shape index (κ3) is 3.23. The second-order valence-electron chi connectivity index (χ2n) is 5.62. The Bertz CT molecular complexity index is 585. The summed E-state index contributed by atoms with van der Waals surface area (Å²) in [5, 5.41) is 3.91. The average Bonchev–Trinajstić information content (AvgIpc) is 2.89. The first-order chi connectivity index (χ1) is 9.38. The van der Waals surface area contributed by atoms with Gasteiger partial charge < -0.3 is 9.26 Å². The SMILES string of the molecule is CC(OC(=O)c1ccccc1)c1nc(C(C)(C)C)no1. The Morgan fingerprint density at radius 2 is 1.90 bits per heavy atom. The Balaban J connectivity index is 2.07. The Morgan fingerprint density at radius 3 is 2.45 bits per heavy atom. The van der Waals surface area contributed by atoms with Gasteiger partial charge in [-0.25, -0.2) is 4.79 Å². The normalized spacial score (nSPS) is 13.0. The van der Waals surface area contributed by atoms with E-state index < -0.39 is 12.1 Å². The van der Waals surface area contributed by atoms with E-state index in [0.717, 1.165) is 0 Å². The Morgan fingerprint density at radius 1 is 1.25 bits per heavy atom. The van der Waals surface area contributed by atoms with Gasteiger partial charge in [-0.15, -0.1) is 0 Å². The lowest BCUT2D eigenvalue weighted by Crippen LogP contribution is -2.14. The molecule has 0 spiro atoms. The molecule has 0 N–H and O–H groups in total. The molecule has 0 saturated heterocycles. The van der Waals surface area contributed by atoms with Gasteiger partial charge in [0.25, 0.3) is 5.89 Å². The van der Waals surface area contributed by atoms with Crippen molar-refractivity contribution in [1.29, 1.82) is 0 Å². The predicted octanol–water partition coefficient (Wildman–Crippen LogP) is 3.29. The predicted molar refractivity (Wildman–Crippen MR) is 73.3 cm³/mol. The van der Waals surface area contributed by atoms with E-state index in [1.165, 1.54) is 0 Å². The van der Waals surface area contributed by atoms with Crippen LogP contribution < -0.4 is 0 Å². The minimum absolute atomic E-state index is 0.203. The van der Waals surface area contributed by atoms with Crippen molar-refractivity contribution in [2.24, 2.45) is 0 Å². The Hall–Kier alpha value is -2.17. The fourth-order valence-corrected chi connectivity index (χ4v) is 1.56. The quantitative estimate of drug-likeness (QED) is 0.803. The number of hydrogen-bond donors (Lipinski definition) is 0. The smallest absolute Gasteiger partial charge is 0.338 e.